The molecule has 0 fully saturated rings. The van der Waals surface area contributed by atoms with Gasteiger partial charge in [-0.1, -0.05) is 11.2 Å². The molecule has 0 aliphatic carbocycles. The van der Waals surface area contributed by atoms with Gasteiger partial charge >= 0.3 is 0 Å². The van der Waals surface area contributed by atoms with Gasteiger partial charge in [-0.2, -0.15) is 4.98 Å². The average Bonchev–Trinajstić information content (AvgIpc) is 3.28. The third kappa shape index (κ3) is 3.07. The molecule has 25 heavy (non-hydrogen) atoms. The molecule has 1 aromatic heterocycles. The zero-order chi connectivity index (χ0) is 17.2. The molecule has 9 nitrogen and oxygen atoms in total. The molecule has 1 aliphatic rings. The molecule has 0 bridgehead atoms. The summed E-state index contributed by atoms with van der Waals surface area (Å²) in [6.45, 7) is 0.447. The quantitative estimate of drug-likeness (QED) is 0.557. The third-order valence-electron chi connectivity index (χ3n) is 3.60. The number of nitro benzene ring substituents is 1. The first kappa shape index (κ1) is 14.9. The number of benzene rings is 2. The van der Waals surface area contributed by atoms with E-state index in [-0.39, 0.29) is 19.0 Å². The number of anilines is 1. The van der Waals surface area contributed by atoms with Crippen LogP contribution in [0.5, 0.6) is 11.5 Å². The van der Waals surface area contributed by atoms with Crippen molar-refractivity contribution in [3.05, 3.63) is 58.5 Å². The van der Waals surface area contributed by atoms with Gasteiger partial charge in [-0.05, 0) is 24.3 Å². The van der Waals surface area contributed by atoms with Crippen LogP contribution < -0.4 is 14.8 Å². The molecule has 2 heterocycles. The van der Waals surface area contributed by atoms with Crippen molar-refractivity contribution in [1.29, 1.82) is 0 Å². The maximum Gasteiger partial charge on any atom is 0.271 e. The number of hydrogen-bond donors (Lipinski definition) is 1. The predicted molar refractivity (Wildman–Crippen MR) is 86.3 cm³/mol. The molecular weight excluding hydrogens is 328 g/mol. The smallest absolute Gasteiger partial charge is 0.271 e. The molecule has 0 unspecified atom stereocenters. The van der Waals surface area contributed by atoms with E-state index in [4.69, 9.17) is 14.0 Å². The van der Waals surface area contributed by atoms with Gasteiger partial charge in [0.1, 0.15) is 0 Å². The number of nitrogens with one attached hydrogen (secondary N) is 1. The summed E-state index contributed by atoms with van der Waals surface area (Å²) in [6, 6.07) is 11.6. The highest BCUT2D eigenvalue weighted by atomic mass is 16.7. The minimum absolute atomic E-state index is 0.0107. The number of nitrogens with zero attached hydrogens (tertiary/aromatic N) is 3. The topological polar surface area (TPSA) is 113 Å². The Balaban J connectivity index is 1.47. The van der Waals surface area contributed by atoms with E-state index in [2.05, 4.69) is 15.5 Å². The highest BCUT2D eigenvalue weighted by Gasteiger charge is 2.16. The maximum absolute atomic E-state index is 10.8. The lowest BCUT2D eigenvalue weighted by atomic mass is 10.2. The highest BCUT2D eigenvalue weighted by Crippen LogP contribution is 2.35. The molecule has 0 radical (unpaired) electrons. The molecule has 4 rings (SSSR count). The van der Waals surface area contributed by atoms with Crippen LogP contribution in [0.2, 0.25) is 0 Å². The second-order valence-corrected chi connectivity index (χ2v) is 5.24. The molecule has 3 aromatic rings. The summed E-state index contributed by atoms with van der Waals surface area (Å²) >= 11 is 0. The molecule has 126 valence electrons. The van der Waals surface area contributed by atoms with E-state index in [0.717, 1.165) is 5.56 Å². The lowest BCUT2D eigenvalue weighted by molar-refractivity contribution is -0.384. The van der Waals surface area contributed by atoms with Crippen LogP contribution in [0.3, 0.4) is 0 Å². The Kier molecular flexibility index (Phi) is 3.65. The lowest BCUT2D eigenvalue weighted by Gasteiger charge is -2.02. The first-order valence-electron chi connectivity index (χ1n) is 7.40. The van der Waals surface area contributed by atoms with Gasteiger partial charge in [0.05, 0.1) is 11.5 Å². The van der Waals surface area contributed by atoms with Crippen molar-refractivity contribution in [2.24, 2.45) is 0 Å². The summed E-state index contributed by atoms with van der Waals surface area (Å²) in [6.07, 6.45) is 0. The number of rotatable bonds is 5. The van der Waals surface area contributed by atoms with E-state index >= 15 is 0 Å². The Morgan fingerprint density at radius 3 is 2.92 bits per heavy atom. The predicted octanol–water partition coefficient (Wildman–Crippen LogP) is 2.99. The molecule has 0 saturated carbocycles. The molecule has 1 N–H and O–H groups in total. The largest absolute Gasteiger partial charge is 0.454 e. The second kappa shape index (κ2) is 6.11. The standard InChI is InChI=1S/C16H12N4O5/c21-20(22)12-3-1-2-11(7-12)17-8-15-18-16(19-25-15)10-4-5-13-14(6-10)24-9-23-13/h1-7,17H,8-9H2. The minimum atomic E-state index is -0.449. The van der Waals surface area contributed by atoms with Crippen molar-refractivity contribution in [2.45, 2.75) is 6.54 Å². The summed E-state index contributed by atoms with van der Waals surface area (Å²) in [5.74, 6) is 2.10. The van der Waals surface area contributed by atoms with Gasteiger partial charge in [-0.15, -0.1) is 0 Å². The van der Waals surface area contributed by atoms with Crippen LogP contribution in [0, 0.1) is 10.1 Å². The Morgan fingerprint density at radius 1 is 1.16 bits per heavy atom. The first-order valence-corrected chi connectivity index (χ1v) is 7.40. The molecule has 0 amide bonds. The summed E-state index contributed by atoms with van der Waals surface area (Å²) < 4.78 is 15.8. The monoisotopic (exact) mass is 340 g/mol. The Morgan fingerprint density at radius 2 is 2.04 bits per heavy atom. The molecule has 0 atom stereocenters. The molecule has 1 aliphatic heterocycles. The van der Waals surface area contributed by atoms with Crippen LogP contribution in [0.25, 0.3) is 11.4 Å². The summed E-state index contributed by atoms with van der Waals surface area (Å²) in [5.41, 5.74) is 1.35. The van der Waals surface area contributed by atoms with Crippen LogP contribution in [0.1, 0.15) is 5.89 Å². The SMILES string of the molecule is O=[N+]([O-])c1cccc(NCc2nc(-c3ccc4c(c3)OCO4)no2)c1. The molecule has 0 saturated heterocycles. The van der Waals surface area contributed by atoms with Crippen LogP contribution >= 0.6 is 0 Å². The summed E-state index contributed by atoms with van der Waals surface area (Å²) in [5, 5.41) is 17.7. The van der Waals surface area contributed by atoms with Crippen LogP contribution in [0.15, 0.2) is 47.0 Å². The normalized spacial score (nSPS) is 12.2. The molecular formula is C16H12N4O5. The number of non-ortho nitro benzene ring substituents is 1. The van der Waals surface area contributed by atoms with E-state index in [9.17, 15) is 10.1 Å². The zero-order valence-corrected chi connectivity index (χ0v) is 12.8. The van der Waals surface area contributed by atoms with E-state index in [1.54, 1.807) is 24.3 Å². The average molecular weight is 340 g/mol. The van der Waals surface area contributed by atoms with Crippen molar-refractivity contribution in [3.8, 4) is 22.9 Å². The Labute approximate surface area is 141 Å². The molecule has 0 spiro atoms. The summed E-state index contributed by atoms with van der Waals surface area (Å²) in [4.78, 5) is 14.6. The van der Waals surface area contributed by atoms with Gasteiger partial charge in [0, 0.05) is 23.4 Å². The number of ether oxygens (including phenoxy) is 2. The third-order valence-corrected chi connectivity index (χ3v) is 3.60. The molecule has 9 heteroatoms. The zero-order valence-electron chi connectivity index (χ0n) is 12.8. The fourth-order valence-electron chi connectivity index (χ4n) is 2.39. The van der Waals surface area contributed by atoms with Crippen molar-refractivity contribution < 1.29 is 18.9 Å². The van der Waals surface area contributed by atoms with Gasteiger partial charge in [0.2, 0.25) is 18.5 Å². The van der Waals surface area contributed by atoms with Gasteiger partial charge in [0.25, 0.3) is 5.69 Å². The van der Waals surface area contributed by atoms with Crippen molar-refractivity contribution in [3.63, 3.8) is 0 Å². The van der Waals surface area contributed by atoms with Crippen molar-refractivity contribution in [2.75, 3.05) is 12.1 Å². The Hall–Kier alpha value is -3.62. The van der Waals surface area contributed by atoms with Gasteiger partial charge in [-0.25, -0.2) is 0 Å². The fourth-order valence-corrected chi connectivity index (χ4v) is 2.39. The molecule has 2 aromatic carbocycles. The summed E-state index contributed by atoms with van der Waals surface area (Å²) in [7, 11) is 0. The van der Waals surface area contributed by atoms with Gasteiger partial charge in [0.15, 0.2) is 11.5 Å². The van der Waals surface area contributed by atoms with Crippen LogP contribution in [-0.4, -0.2) is 21.9 Å². The number of aromatic nitrogens is 2. The van der Waals surface area contributed by atoms with Crippen molar-refractivity contribution >= 4 is 11.4 Å². The first-order chi connectivity index (χ1) is 12.2. The highest BCUT2D eigenvalue weighted by molar-refractivity contribution is 5.61. The Bertz CT molecular complexity index is 940. The van der Waals surface area contributed by atoms with E-state index in [1.165, 1.54) is 12.1 Å². The lowest BCUT2D eigenvalue weighted by Crippen LogP contribution is -2.00. The van der Waals surface area contributed by atoms with E-state index < -0.39 is 4.92 Å². The van der Waals surface area contributed by atoms with Crippen LogP contribution in [-0.2, 0) is 6.54 Å². The van der Waals surface area contributed by atoms with Crippen LogP contribution in [0.4, 0.5) is 11.4 Å². The van der Waals surface area contributed by atoms with Crippen molar-refractivity contribution in [1.82, 2.24) is 10.1 Å². The van der Waals surface area contributed by atoms with Gasteiger partial charge < -0.3 is 19.3 Å². The maximum atomic E-state index is 10.8. The second-order valence-electron chi connectivity index (χ2n) is 5.24. The number of hydrogen-bond acceptors (Lipinski definition) is 8. The van der Waals surface area contributed by atoms with Gasteiger partial charge in [-0.3, -0.25) is 10.1 Å². The van der Waals surface area contributed by atoms with E-state index in [1.807, 2.05) is 6.07 Å². The number of nitro groups is 1. The number of fused-ring (bicyclic) bond motifs is 1. The fraction of sp³-hybridized carbons (Fsp3) is 0.125. The van der Waals surface area contributed by atoms with E-state index in [0.29, 0.717) is 28.9 Å². The minimum Gasteiger partial charge on any atom is -0.454 e.